The number of ether oxygens (including phenoxy) is 2. The summed E-state index contributed by atoms with van der Waals surface area (Å²) in [5, 5.41) is 14.9. The Morgan fingerprint density at radius 3 is 2.32 bits per heavy atom. The Kier molecular flexibility index (Phi) is 9.14. The summed E-state index contributed by atoms with van der Waals surface area (Å²) < 4.78 is 36.7. The van der Waals surface area contributed by atoms with Gasteiger partial charge in [-0.2, -0.15) is 0 Å². The van der Waals surface area contributed by atoms with Crippen molar-refractivity contribution in [2.75, 3.05) is 18.3 Å². The topological polar surface area (TPSA) is 131 Å². The molecule has 1 heterocycles. The molecule has 2 unspecified atom stereocenters. The molecule has 0 aliphatic carbocycles. The van der Waals surface area contributed by atoms with Crippen LogP contribution in [-0.4, -0.2) is 49.9 Å². The summed E-state index contributed by atoms with van der Waals surface area (Å²) >= 11 is 1.43. The molecule has 2 amide bonds. The molecule has 3 aromatic rings. The zero-order valence-corrected chi connectivity index (χ0v) is 22.0. The van der Waals surface area contributed by atoms with Gasteiger partial charge in [0.25, 0.3) is 0 Å². The molecule has 200 valence electrons. The highest BCUT2D eigenvalue weighted by Crippen LogP contribution is 2.34. The number of sulfone groups is 1. The number of hydrogen-bond acceptors (Lipinski definition) is 7. The molecule has 2 atom stereocenters. The predicted molar refractivity (Wildman–Crippen MR) is 144 cm³/mol. The van der Waals surface area contributed by atoms with E-state index in [4.69, 9.17) is 9.47 Å². The van der Waals surface area contributed by atoms with Gasteiger partial charge in [-0.25, -0.2) is 13.2 Å². The molecule has 1 aliphatic rings. The fraction of sp³-hybridized carbons (Fsp3) is 0.259. The summed E-state index contributed by atoms with van der Waals surface area (Å²) in [5.74, 6) is -0.225. The van der Waals surface area contributed by atoms with E-state index in [0.29, 0.717) is 28.4 Å². The molecule has 3 N–H and O–H groups in total. The normalized spacial score (nSPS) is 13.9. The highest BCUT2D eigenvalue weighted by molar-refractivity contribution is 7.99. The molecular weight excluding hydrogens is 528 g/mol. The van der Waals surface area contributed by atoms with Crippen LogP contribution in [0.3, 0.4) is 0 Å². The molecule has 38 heavy (non-hydrogen) atoms. The molecule has 0 saturated heterocycles. The van der Waals surface area contributed by atoms with Crippen LogP contribution in [0.25, 0.3) is 0 Å². The van der Waals surface area contributed by atoms with Crippen LogP contribution in [0.4, 0.5) is 4.79 Å². The average molecular weight is 557 g/mol. The fourth-order valence-corrected chi connectivity index (χ4v) is 6.71. The number of carboxylic acids is 1. The second-order valence-electron chi connectivity index (χ2n) is 8.74. The number of carbonyl (C=O) groups is 2. The summed E-state index contributed by atoms with van der Waals surface area (Å²) in [4.78, 5) is 25.5. The van der Waals surface area contributed by atoms with E-state index in [2.05, 4.69) is 10.6 Å². The van der Waals surface area contributed by atoms with E-state index in [1.807, 2.05) is 36.4 Å². The Balaban J connectivity index is 1.47. The third kappa shape index (κ3) is 8.15. The molecule has 0 aromatic heterocycles. The van der Waals surface area contributed by atoms with Crippen molar-refractivity contribution in [1.82, 2.24) is 10.6 Å². The highest BCUT2D eigenvalue weighted by Gasteiger charge is 2.25. The SMILES string of the molecule is O=C(O)CC(NC(=O)NC(CSc1ccccc1)CS(=O)(=O)Cc1ccccc1)c1ccc2c(c1)OCO2. The monoisotopic (exact) mass is 556 g/mol. The second-order valence-corrected chi connectivity index (χ2v) is 11.9. The van der Waals surface area contributed by atoms with Gasteiger partial charge in [0, 0.05) is 10.6 Å². The number of urea groups is 1. The van der Waals surface area contributed by atoms with Gasteiger partial charge in [-0.3, -0.25) is 4.79 Å². The number of benzene rings is 3. The number of carboxylic acid groups (broad SMARTS) is 1. The summed E-state index contributed by atoms with van der Waals surface area (Å²) in [7, 11) is -3.57. The van der Waals surface area contributed by atoms with E-state index >= 15 is 0 Å². The summed E-state index contributed by atoms with van der Waals surface area (Å²) in [6, 6.07) is 21.0. The van der Waals surface area contributed by atoms with E-state index in [0.717, 1.165) is 4.90 Å². The summed E-state index contributed by atoms with van der Waals surface area (Å²) in [6.45, 7) is 0.0640. The Bertz CT molecular complexity index is 1350. The number of aliphatic carboxylic acids is 1. The maximum absolute atomic E-state index is 13.0. The van der Waals surface area contributed by atoms with E-state index in [-0.39, 0.29) is 24.7 Å². The van der Waals surface area contributed by atoms with Crippen molar-refractivity contribution in [2.24, 2.45) is 0 Å². The second kappa shape index (κ2) is 12.7. The first-order valence-corrected chi connectivity index (χ1v) is 14.7. The largest absolute Gasteiger partial charge is 0.481 e. The third-order valence-electron chi connectivity index (χ3n) is 5.70. The van der Waals surface area contributed by atoms with E-state index in [1.165, 1.54) is 11.8 Å². The van der Waals surface area contributed by atoms with Crippen molar-refractivity contribution in [3.8, 4) is 11.5 Å². The number of rotatable bonds is 12. The zero-order valence-electron chi connectivity index (χ0n) is 20.4. The van der Waals surface area contributed by atoms with Gasteiger partial charge in [0.2, 0.25) is 6.79 Å². The summed E-state index contributed by atoms with van der Waals surface area (Å²) in [5.41, 5.74) is 1.19. The van der Waals surface area contributed by atoms with Crippen molar-refractivity contribution in [3.63, 3.8) is 0 Å². The quantitative estimate of drug-likeness (QED) is 0.285. The molecule has 11 heteroatoms. The van der Waals surface area contributed by atoms with Gasteiger partial charge in [-0.1, -0.05) is 54.6 Å². The van der Waals surface area contributed by atoms with Gasteiger partial charge in [0.15, 0.2) is 21.3 Å². The molecule has 0 bridgehead atoms. The van der Waals surface area contributed by atoms with E-state index < -0.39 is 33.9 Å². The Morgan fingerprint density at radius 2 is 1.61 bits per heavy atom. The molecule has 0 radical (unpaired) electrons. The van der Waals surface area contributed by atoms with E-state index in [9.17, 15) is 23.1 Å². The van der Waals surface area contributed by atoms with Crippen molar-refractivity contribution in [1.29, 1.82) is 0 Å². The van der Waals surface area contributed by atoms with Crippen molar-refractivity contribution < 1.29 is 32.6 Å². The smallest absolute Gasteiger partial charge is 0.315 e. The maximum atomic E-state index is 13.0. The molecule has 4 rings (SSSR count). The highest BCUT2D eigenvalue weighted by atomic mass is 32.2. The Morgan fingerprint density at radius 1 is 0.921 bits per heavy atom. The molecule has 9 nitrogen and oxygen atoms in total. The lowest BCUT2D eigenvalue weighted by Gasteiger charge is -2.22. The number of hydrogen-bond donors (Lipinski definition) is 3. The van der Waals surface area contributed by atoms with Crippen LogP contribution >= 0.6 is 11.8 Å². The fourth-order valence-electron chi connectivity index (χ4n) is 3.98. The van der Waals surface area contributed by atoms with Crippen LogP contribution in [0, 0.1) is 0 Å². The van der Waals surface area contributed by atoms with Gasteiger partial charge in [0.05, 0.1) is 30.0 Å². The first-order chi connectivity index (χ1) is 18.3. The first-order valence-electron chi connectivity index (χ1n) is 11.9. The molecule has 3 aromatic carbocycles. The average Bonchev–Trinajstić information content (AvgIpc) is 3.35. The Labute approximate surface area is 225 Å². The van der Waals surface area contributed by atoms with Crippen LogP contribution in [0.1, 0.15) is 23.6 Å². The summed E-state index contributed by atoms with van der Waals surface area (Å²) in [6.07, 6.45) is -0.372. The molecule has 0 saturated carbocycles. The standard InChI is InChI=1S/C27H28N2O7S2/c30-26(31)14-23(20-11-12-24-25(13-20)36-18-35-24)29-27(32)28-21(15-37-22-9-5-2-6-10-22)17-38(33,34)16-19-7-3-1-4-8-19/h1-13,21,23H,14-18H2,(H,30,31)(H2,28,29,32). The predicted octanol–water partition coefficient (Wildman–Crippen LogP) is 4.01. The number of nitrogens with one attached hydrogen (secondary N) is 2. The molecule has 0 fully saturated rings. The minimum atomic E-state index is -3.57. The van der Waals surface area contributed by atoms with Crippen LogP contribution in [0.2, 0.25) is 0 Å². The van der Waals surface area contributed by atoms with Crippen molar-refractivity contribution in [3.05, 3.63) is 90.0 Å². The van der Waals surface area contributed by atoms with Crippen LogP contribution in [-0.2, 0) is 20.4 Å². The van der Waals surface area contributed by atoms with Crippen molar-refractivity contribution in [2.45, 2.75) is 29.2 Å². The number of amides is 2. The van der Waals surface area contributed by atoms with Gasteiger partial charge >= 0.3 is 12.0 Å². The Hall–Kier alpha value is -3.70. The minimum Gasteiger partial charge on any atom is -0.481 e. The lowest BCUT2D eigenvalue weighted by atomic mass is 10.0. The lowest BCUT2D eigenvalue weighted by Crippen LogP contribution is -2.47. The maximum Gasteiger partial charge on any atom is 0.315 e. The van der Waals surface area contributed by atoms with Crippen LogP contribution in [0.15, 0.2) is 83.8 Å². The zero-order chi connectivity index (χ0) is 27.0. The molecule has 0 spiro atoms. The van der Waals surface area contributed by atoms with Gasteiger partial charge in [-0.15, -0.1) is 11.8 Å². The van der Waals surface area contributed by atoms with Gasteiger partial charge in [0.1, 0.15) is 0 Å². The van der Waals surface area contributed by atoms with Crippen LogP contribution < -0.4 is 20.1 Å². The first kappa shape index (κ1) is 27.3. The number of thioether (sulfide) groups is 1. The lowest BCUT2D eigenvalue weighted by molar-refractivity contribution is -0.137. The van der Waals surface area contributed by atoms with Gasteiger partial charge in [-0.05, 0) is 35.4 Å². The van der Waals surface area contributed by atoms with Crippen LogP contribution in [0.5, 0.6) is 11.5 Å². The minimum absolute atomic E-state index is 0.0640. The molecular formula is C27H28N2O7S2. The van der Waals surface area contributed by atoms with E-state index in [1.54, 1.807) is 42.5 Å². The number of fused-ring (bicyclic) bond motifs is 1. The van der Waals surface area contributed by atoms with Gasteiger partial charge < -0.3 is 25.2 Å². The molecule has 1 aliphatic heterocycles. The van der Waals surface area contributed by atoms with Crippen molar-refractivity contribution >= 4 is 33.6 Å². The number of carbonyl (C=O) groups excluding carboxylic acids is 1. The third-order valence-corrected chi connectivity index (χ3v) is 8.56.